The van der Waals surface area contributed by atoms with E-state index in [-0.39, 0.29) is 0 Å². The van der Waals surface area contributed by atoms with Crippen LogP contribution in [0.4, 0.5) is 11.6 Å². The number of nitrogen functional groups attached to an aromatic ring is 1. The van der Waals surface area contributed by atoms with Crippen molar-refractivity contribution in [2.24, 2.45) is 0 Å². The molecule has 104 valence electrons. The summed E-state index contributed by atoms with van der Waals surface area (Å²) in [6.07, 6.45) is 2.36. The maximum Gasteiger partial charge on any atom is 0.136 e. The van der Waals surface area contributed by atoms with E-state index >= 15 is 0 Å². The fraction of sp³-hybridized carbons (Fsp3) is 0.375. The van der Waals surface area contributed by atoms with E-state index < -0.39 is 0 Å². The van der Waals surface area contributed by atoms with E-state index in [0.717, 1.165) is 23.8 Å². The highest BCUT2D eigenvalue weighted by Crippen LogP contribution is 2.39. The molecule has 20 heavy (non-hydrogen) atoms. The van der Waals surface area contributed by atoms with Crippen LogP contribution in [-0.2, 0) is 6.54 Å². The predicted octanol–water partition coefficient (Wildman–Crippen LogP) is 3.17. The van der Waals surface area contributed by atoms with Crippen LogP contribution in [0, 0.1) is 13.8 Å². The average molecular weight is 268 g/mol. The quantitative estimate of drug-likeness (QED) is 0.894. The number of nitrogens with zero attached hydrogens (tertiary/aromatic N) is 2. The summed E-state index contributed by atoms with van der Waals surface area (Å²) < 4.78 is 0. The van der Waals surface area contributed by atoms with E-state index in [1.165, 1.54) is 24.0 Å². The summed E-state index contributed by atoms with van der Waals surface area (Å²) in [4.78, 5) is 9.03. The van der Waals surface area contributed by atoms with Crippen molar-refractivity contribution in [3.63, 3.8) is 0 Å². The molecular formula is C16H20N4. The Morgan fingerprint density at radius 3 is 2.65 bits per heavy atom. The summed E-state index contributed by atoms with van der Waals surface area (Å²) in [7, 11) is 0. The molecule has 2 aromatic rings. The van der Waals surface area contributed by atoms with Gasteiger partial charge in [-0.1, -0.05) is 24.3 Å². The zero-order valence-electron chi connectivity index (χ0n) is 12.0. The lowest BCUT2D eigenvalue weighted by Crippen LogP contribution is -2.09. The van der Waals surface area contributed by atoms with Gasteiger partial charge in [-0.2, -0.15) is 0 Å². The summed E-state index contributed by atoms with van der Waals surface area (Å²) >= 11 is 0. The molecule has 4 heteroatoms. The van der Waals surface area contributed by atoms with E-state index in [1.54, 1.807) is 0 Å². The molecule has 0 saturated heterocycles. The maximum atomic E-state index is 5.99. The topological polar surface area (TPSA) is 63.8 Å². The summed E-state index contributed by atoms with van der Waals surface area (Å²) in [6, 6.07) is 8.36. The molecule has 1 aromatic carbocycles. The van der Waals surface area contributed by atoms with Gasteiger partial charge in [0.05, 0.1) is 0 Å². The molecule has 0 unspecified atom stereocenters. The van der Waals surface area contributed by atoms with E-state index in [4.69, 9.17) is 5.73 Å². The van der Waals surface area contributed by atoms with Crippen LogP contribution in [0.2, 0.25) is 0 Å². The van der Waals surface area contributed by atoms with Crippen LogP contribution < -0.4 is 11.1 Å². The second kappa shape index (κ2) is 5.12. The van der Waals surface area contributed by atoms with Gasteiger partial charge in [-0.15, -0.1) is 0 Å². The van der Waals surface area contributed by atoms with Gasteiger partial charge < -0.3 is 11.1 Å². The third-order valence-corrected chi connectivity index (χ3v) is 3.85. The molecule has 3 rings (SSSR count). The lowest BCUT2D eigenvalue weighted by atomic mass is 10.1. The summed E-state index contributed by atoms with van der Waals surface area (Å²) in [5.74, 6) is 2.86. The number of rotatable bonds is 4. The number of nitrogens with one attached hydrogen (secondary N) is 1. The third-order valence-electron chi connectivity index (χ3n) is 3.85. The second-order valence-corrected chi connectivity index (χ2v) is 5.49. The molecule has 1 aromatic heterocycles. The number of anilines is 2. The molecule has 0 radical (unpaired) electrons. The number of hydrogen-bond donors (Lipinski definition) is 2. The first-order valence-corrected chi connectivity index (χ1v) is 7.07. The fourth-order valence-corrected chi connectivity index (χ4v) is 2.24. The predicted molar refractivity (Wildman–Crippen MR) is 81.7 cm³/mol. The van der Waals surface area contributed by atoms with Crippen LogP contribution in [0.3, 0.4) is 0 Å². The third kappa shape index (κ3) is 2.59. The SMILES string of the molecule is Cc1ccccc1CNc1nc(C2CC2)nc(N)c1C. The Balaban J connectivity index is 1.81. The average Bonchev–Trinajstić information content (AvgIpc) is 3.26. The van der Waals surface area contributed by atoms with Gasteiger partial charge in [-0.25, -0.2) is 9.97 Å². The van der Waals surface area contributed by atoms with Crippen LogP contribution in [0.5, 0.6) is 0 Å². The second-order valence-electron chi connectivity index (χ2n) is 5.49. The Kier molecular flexibility index (Phi) is 3.30. The Morgan fingerprint density at radius 1 is 1.20 bits per heavy atom. The van der Waals surface area contributed by atoms with Crippen LogP contribution in [0.25, 0.3) is 0 Å². The van der Waals surface area contributed by atoms with E-state index in [0.29, 0.717) is 11.7 Å². The van der Waals surface area contributed by atoms with Crippen LogP contribution in [0.1, 0.15) is 41.3 Å². The zero-order valence-corrected chi connectivity index (χ0v) is 12.0. The van der Waals surface area contributed by atoms with E-state index in [9.17, 15) is 0 Å². The van der Waals surface area contributed by atoms with Gasteiger partial charge in [-0.3, -0.25) is 0 Å². The maximum absolute atomic E-state index is 5.99. The number of aryl methyl sites for hydroxylation is 1. The molecule has 1 fully saturated rings. The fourth-order valence-electron chi connectivity index (χ4n) is 2.24. The minimum Gasteiger partial charge on any atom is -0.383 e. The summed E-state index contributed by atoms with van der Waals surface area (Å²) in [5.41, 5.74) is 9.48. The molecule has 0 atom stereocenters. The summed E-state index contributed by atoms with van der Waals surface area (Å²) in [5, 5.41) is 3.40. The van der Waals surface area contributed by atoms with Crippen molar-refractivity contribution in [3.8, 4) is 0 Å². The molecule has 1 aliphatic carbocycles. The molecular weight excluding hydrogens is 248 g/mol. The largest absolute Gasteiger partial charge is 0.383 e. The molecule has 1 heterocycles. The number of nitrogens with two attached hydrogens (primary N) is 1. The lowest BCUT2D eigenvalue weighted by molar-refractivity contribution is 0.916. The standard InChI is InChI=1S/C16H20N4/c1-10-5-3-4-6-13(10)9-18-15-11(2)14(17)19-16(20-15)12-7-8-12/h3-6,12H,7-9H2,1-2H3,(H3,17,18,19,20). The van der Waals surface area contributed by atoms with Crippen molar-refractivity contribution in [2.45, 2.75) is 39.2 Å². The van der Waals surface area contributed by atoms with Gasteiger partial charge >= 0.3 is 0 Å². The molecule has 1 aliphatic rings. The number of hydrogen-bond acceptors (Lipinski definition) is 4. The monoisotopic (exact) mass is 268 g/mol. The van der Waals surface area contributed by atoms with Crippen molar-refractivity contribution >= 4 is 11.6 Å². The van der Waals surface area contributed by atoms with Crippen molar-refractivity contribution in [1.29, 1.82) is 0 Å². The van der Waals surface area contributed by atoms with Gasteiger partial charge in [0.15, 0.2) is 0 Å². The van der Waals surface area contributed by atoms with Gasteiger partial charge in [-0.05, 0) is 37.8 Å². The van der Waals surface area contributed by atoms with Crippen molar-refractivity contribution < 1.29 is 0 Å². The lowest BCUT2D eigenvalue weighted by Gasteiger charge is -2.13. The minimum atomic E-state index is 0.511. The first-order chi connectivity index (χ1) is 9.65. The van der Waals surface area contributed by atoms with Gasteiger partial charge in [0, 0.05) is 18.0 Å². The molecule has 1 saturated carbocycles. The first-order valence-electron chi connectivity index (χ1n) is 7.07. The first kappa shape index (κ1) is 12.9. The van der Waals surface area contributed by atoms with Crippen LogP contribution >= 0.6 is 0 Å². The molecule has 0 bridgehead atoms. The van der Waals surface area contributed by atoms with Gasteiger partial charge in [0.1, 0.15) is 17.5 Å². The molecule has 0 amide bonds. The van der Waals surface area contributed by atoms with Crippen molar-refractivity contribution in [2.75, 3.05) is 11.1 Å². The highest BCUT2D eigenvalue weighted by atomic mass is 15.1. The minimum absolute atomic E-state index is 0.511. The van der Waals surface area contributed by atoms with E-state index in [2.05, 4.69) is 46.5 Å². The van der Waals surface area contributed by atoms with Crippen molar-refractivity contribution in [1.82, 2.24) is 9.97 Å². The Bertz CT molecular complexity index is 632. The molecule has 0 aliphatic heterocycles. The van der Waals surface area contributed by atoms with E-state index in [1.807, 2.05) is 6.92 Å². The van der Waals surface area contributed by atoms with Gasteiger partial charge in [0.25, 0.3) is 0 Å². The number of benzene rings is 1. The molecule has 3 N–H and O–H groups in total. The highest BCUT2D eigenvalue weighted by molar-refractivity contribution is 5.55. The van der Waals surface area contributed by atoms with Crippen LogP contribution in [0.15, 0.2) is 24.3 Å². The van der Waals surface area contributed by atoms with Crippen LogP contribution in [-0.4, -0.2) is 9.97 Å². The van der Waals surface area contributed by atoms with Gasteiger partial charge in [0.2, 0.25) is 0 Å². The smallest absolute Gasteiger partial charge is 0.136 e. The summed E-state index contributed by atoms with van der Waals surface area (Å²) in [6.45, 7) is 4.84. The molecule has 0 spiro atoms. The Hall–Kier alpha value is -2.10. The Labute approximate surface area is 119 Å². The van der Waals surface area contributed by atoms with Crippen molar-refractivity contribution in [3.05, 3.63) is 46.8 Å². The molecule has 4 nitrogen and oxygen atoms in total. The number of aromatic nitrogens is 2. The Morgan fingerprint density at radius 2 is 1.95 bits per heavy atom. The zero-order chi connectivity index (χ0) is 14.1. The highest BCUT2D eigenvalue weighted by Gasteiger charge is 2.27. The normalized spacial score (nSPS) is 14.3.